The minimum atomic E-state index is -4.10. The maximum atomic E-state index is 13.6. The first-order chi connectivity index (χ1) is 16.0. The van der Waals surface area contributed by atoms with E-state index < -0.39 is 27.4 Å². The number of ether oxygens (including phenoxy) is 1. The molecule has 34 heavy (non-hydrogen) atoms. The van der Waals surface area contributed by atoms with Crippen LogP contribution in [0.25, 0.3) is 0 Å². The van der Waals surface area contributed by atoms with Crippen LogP contribution in [0, 0.1) is 30.9 Å². The first-order valence-corrected chi connectivity index (χ1v) is 11.8. The molecule has 0 aliphatic heterocycles. The number of nitro groups is 1. The van der Waals surface area contributed by atoms with Gasteiger partial charge in [-0.2, -0.15) is 0 Å². The van der Waals surface area contributed by atoms with Crippen LogP contribution >= 0.6 is 0 Å². The lowest BCUT2D eigenvalue weighted by atomic mass is 10.1. The van der Waals surface area contributed by atoms with Gasteiger partial charge >= 0.3 is 0 Å². The molecule has 0 fully saturated rings. The van der Waals surface area contributed by atoms with Crippen LogP contribution in [-0.2, 0) is 14.8 Å². The van der Waals surface area contributed by atoms with Crippen molar-refractivity contribution in [2.75, 3.05) is 23.3 Å². The van der Waals surface area contributed by atoms with E-state index in [2.05, 4.69) is 5.32 Å². The minimum absolute atomic E-state index is 0.0414. The number of nitrogens with one attached hydrogen (secondary N) is 1. The molecule has 0 unspecified atom stereocenters. The Kier molecular flexibility index (Phi) is 7.21. The summed E-state index contributed by atoms with van der Waals surface area (Å²) in [5.74, 6) is -0.478. The van der Waals surface area contributed by atoms with Crippen molar-refractivity contribution >= 4 is 33.0 Å². The molecule has 0 aliphatic rings. The van der Waals surface area contributed by atoms with Crippen molar-refractivity contribution in [1.29, 1.82) is 0 Å². The van der Waals surface area contributed by atoms with Gasteiger partial charge in [0.1, 0.15) is 12.3 Å². The van der Waals surface area contributed by atoms with Crippen molar-refractivity contribution in [3.8, 4) is 5.75 Å². The summed E-state index contributed by atoms with van der Waals surface area (Å²) in [4.78, 5) is 23.6. The number of hydrogen-bond donors (Lipinski definition) is 1. The summed E-state index contributed by atoms with van der Waals surface area (Å²) in [5.41, 5.74) is 2.58. The van der Waals surface area contributed by atoms with Gasteiger partial charge in [0, 0.05) is 12.1 Å². The molecule has 3 rings (SSSR count). The van der Waals surface area contributed by atoms with Crippen molar-refractivity contribution in [1.82, 2.24) is 0 Å². The van der Waals surface area contributed by atoms with Crippen LogP contribution < -0.4 is 14.4 Å². The second-order valence-electron chi connectivity index (χ2n) is 7.80. The van der Waals surface area contributed by atoms with Crippen LogP contribution in [0.1, 0.15) is 16.7 Å². The van der Waals surface area contributed by atoms with Crippen molar-refractivity contribution < 1.29 is 22.9 Å². The van der Waals surface area contributed by atoms with Gasteiger partial charge in [-0.05, 0) is 56.2 Å². The Balaban J connectivity index is 2.02. The number of methoxy groups -OCH3 is 1. The topological polar surface area (TPSA) is 119 Å². The Labute approximate surface area is 198 Å². The first-order valence-electron chi connectivity index (χ1n) is 10.3. The fourth-order valence-electron chi connectivity index (χ4n) is 3.35. The number of non-ortho nitro benzene ring substituents is 1. The predicted molar refractivity (Wildman–Crippen MR) is 130 cm³/mol. The molecule has 178 valence electrons. The summed E-state index contributed by atoms with van der Waals surface area (Å²) in [6, 6.07) is 15.4. The monoisotopic (exact) mass is 483 g/mol. The van der Waals surface area contributed by atoms with Gasteiger partial charge in [0.15, 0.2) is 0 Å². The highest BCUT2D eigenvalue weighted by atomic mass is 32.2. The maximum Gasteiger partial charge on any atom is 0.271 e. The Morgan fingerprint density at radius 3 is 2.26 bits per heavy atom. The zero-order chi connectivity index (χ0) is 25.0. The number of benzene rings is 3. The number of carbonyl (C=O) groups excluding carboxylic acids is 1. The lowest BCUT2D eigenvalue weighted by molar-refractivity contribution is -0.384. The molecule has 0 atom stereocenters. The van der Waals surface area contributed by atoms with Gasteiger partial charge in [0.2, 0.25) is 5.91 Å². The van der Waals surface area contributed by atoms with Gasteiger partial charge < -0.3 is 10.1 Å². The molecule has 0 saturated heterocycles. The number of carbonyl (C=O) groups is 1. The molecular formula is C24H25N3O6S. The van der Waals surface area contributed by atoms with E-state index in [0.29, 0.717) is 11.3 Å². The van der Waals surface area contributed by atoms with Crippen LogP contribution in [0.3, 0.4) is 0 Å². The van der Waals surface area contributed by atoms with Gasteiger partial charge in [0.25, 0.3) is 15.7 Å². The van der Waals surface area contributed by atoms with Crippen molar-refractivity contribution in [3.05, 3.63) is 87.5 Å². The summed E-state index contributed by atoms with van der Waals surface area (Å²) < 4.78 is 33.4. The van der Waals surface area contributed by atoms with Crippen LogP contribution in [0.4, 0.5) is 17.1 Å². The average Bonchev–Trinajstić information content (AvgIpc) is 2.79. The van der Waals surface area contributed by atoms with Crippen LogP contribution in [-0.4, -0.2) is 32.9 Å². The van der Waals surface area contributed by atoms with Crippen LogP contribution in [0.15, 0.2) is 65.6 Å². The van der Waals surface area contributed by atoms with Crippen LogP contribution in [0.2, 0.25) is 0 Å². The van der Waals surface area contributed by atoms with Gasteiger partial charge in [-0.25, -0.2) is 8.42 Å². The van der Waals surface area contributed by atoms with E-state index in [1.54, 1.807) is 31.2 Å². The van der Waals surface area contributed by atoms with Crippen molar-refractivity contribution in [3.63, 3.8) is 0 Å². The molecule has 0 spiro atoms. The minimum Gasteiger partial charge on any atom is -0.495 e. The molecule has 0 heterocycles. The molecule has 1 N–H and O–H groups in total. The number of hydrogen-bond acceptors (Lipinski definition) is 6. The third kappa shape index (κ3) is 5.34. The Morgan fingerprint density at radius 1 is 1.00 bits per heavy atom. The molecule has 0 radical (unpaired) electrons. The highest BCUT2D eigenvalue weighted by Crippen LogP contribution is 2.31. The molecule has 10 heteroatoms. The Bertz CT molecular complexity index is 1340. The molecule has 1 amide bonds. The summed E-state index contributed by atoms with van der Waals surface area (Å²) in [5, 5.41) is 13.7. The van der Waals surface area contributed by atoms with E-state index in [4.69, 9.17) is 4.74 Å². The van der Waals surface area contributed by atoms with E-state index in [-0.39, 0.29) is 22.0 Å². The number of nitro benzene ring substituents is 1. The van der Waals surface area contributed by atoms with E-state index >= 15 is 0 Å². The van der Waals surface area contributed by atoms with Crippen LogP contribution in [0.5, 0.6) is 5.75 Å². The van der Waals surface area contributed by atoms with Crippen molar-refractivity contribution in [2.24, 2.45) is 0 Å². The largest absolute Gasteiger partial charge is 0.495 e. The summed E-state index contributed by atoms with van der Waals surface area (Å²) in [7, 11) is -2.74. The molecule has 0 aliphatic carbocycles. The third-order valence-electron chi connectivity index (χ3n) is 5.20. The third-order valence-corrected chi connectivity index (χ3v) is 6.97. The van der Waals surface area contributed by atoms with E-state index in [0.717, 1.165) is 21.5 Å². The standard InChI is InChI=1S/C24H25N3O6S/c1-16-6-10-20(11-7-16)34(31,32)26(22-13-17(2)5-8-18(22)3)15-24(28)25-21-14-19(27(29)30)9-12-23(21)33-4/h5-14H,15H2,1-4H3,(H,25,28). The zero-order valence-corrected chi connectivity index (χ0v) is 20.0. The molecule has 3 aromatic carbocycles. The highest BCUT2D eigenvalue weighted by molar-refractivity contribution is 7.92. The molecule has 0 aromatic heterocycles. The maximum absolute atomic E-state index is 13.6. The quantitative estimate of drug-likeness (QED) is 0.376. The lowest BCUT2D eigenvalue weighted by Crippen LogP contribution is -2.38. The SMILES string of the molecule is COc1ccc([N+](=O)[O-])cc1NC(=O)CN(c1cc(C)ccc1C)S(=O)(=O)c1ccc(C)cc1. The lowest BCUT2D eigenvalue weighted by Gasteiger charge is -2.26. The number of amides is 1. The smallest absolute Gasteiger partial charge is 0.271 e. The molecule has 9 nitrogen and oxygen atoms in total. The predicted octanol–water partition coefficient (Wildman–Crippen LogP) is 4.36. The van der Waals surface area contributed by atoms with Gasteiger partial charge in [-0.3, -0.25) is 19.2 Å². The fraction of sp³-hybridized carbons (Fsp3) is 0.208. The van der Waals surface area contributed by atoms with Gasteiger partial charge in [-0.1, -0.05) is 29.8 Å². The van der Waals surface area contributed by atoms with Gasteiger partial charge in [-0.15, -0.1) is 0 Å². The van der Waals surface area contributed by atoms with E-state index in [1.165, 1.54) is 31.4 Å². The summed E-state index contributed by atoms with van der Waals surface area (Å²) in [6.45, 7) is 4.88. The number of rotatable bonds is 8. The molecule has 0 bridgehead atoms. The Morgan fingerprint density at radius 2 is 1.65 bits per heavy atom. The van der Waals surface area contributed by atoms with E-state index in [9.17, 15) is 23.3 Å². The zero-order valence-electron chi connectivity index (χ0n) is 19.2. The number of anilines is 2. The molecule has 0 saturated carbocycles. The second-order valence-corrected chi connectivity index (χ2v) is 9.67. The first kappa shape index (κ1) is 24.7. The normalized spacial score (nSPS) is 11.1. The number of nitrogens with zero attached hydrogens (tertiary/aromatic N) is 2. The number of sulfonamides is 1. The fourth-order valence-corrected chi connectivity index (χ4v) is 4.83. The highest BCUT2D eigenvalue weighted by Gasteiger charge is 2.29. The second kappa shape index (κ2) is 9.92. The van der Waals surface area contributed by atoms with Gasteiger partial charge in [0.05, 0.1) is 28.3 Å². The average molecular weight is 484 g/mol. The Hall–Kier alpha value is -3.92. The van der Waals surface area contributed by atoms with E-state index in [1.807, 2.05) is 19.9 Å². The molecule has 3 aromatic rings. The van der Waals surface area contributed by atoms with Crippen molar-refractivity contribution in [2.45, 2.75) is 25.7 Å². The summed E-state index contributed by atoms with van der Waals surface area (Å²) in [6.07, 6.45) is 0. The summed E-state index contributed by atoms with van der Waals surface area (Å²) >= 11 is 0. The molecular weight excluding hydrogens is 458 g/mol. The number of aryl methyl sites for hydroxylation is 3.